The molecule has 144 valence electrons. The number of anilines is 2. The second kappa shape index (κ2) is 9.08. The summed E-state index contributed by atoms with van der Waals surface area (Å²) in [4.78, 5) is 20.7. The van der Waals surface area contributed by atoms with Crippen molar-refractivity contribution in [2.45, 2.75) is 26.2 Å². The van der Waals surface area contributed by atoms with Gasteiger partial charge in [-0.15, -0.1) is 0 Å². The fourth-order valence-electron chi connectivity index (χ4n) is 2.67. The van der Waals surface area contributed by atoms with Gasteiger partial charge in [-0.25, -0.2) is 14.4 Å². The van der Waals surface area contributed by atoms with Crippen LogP contribution in [0.5, 0.6) is 0 Å². The lowest BCUT2D eigenvalue weighted by molar-refractivity contribution is 0.102. The molecule has 0 aliphatic rings. The molecule has 0 fully saturated rings. The second-order valence-electron chi connectivity index (χ2n) is 6.82. The van der Waals surface area contributed by atoms with Crippen molar-refractivity contribution in [1.29, 1.82) is 0 Å². The number of benzene rings is 2. The molecule has 3 rings (SSSR count). The van der Waals surface area contributed by atoms with Crippen LogP contribution in [0, 0.1) is 5.82 Å². The van der Waals surface area contributed by atoms with Crippen molar-refractivity contribution in [2.24, 2.45) is 0 Å². The molecule has 2 aromatic carbocycles. The van der Waals surface area contributed by atoms with Crippen LogP contribution >= 0.6 is 0 Å². The van der Waals surface area contributed by atoms with E-state index in [0.29, 0.717) is 18.3 Å². The summed E-state index contributed by atoms with van der Waals surface area (Å²) in [6.07, 6.45) is 3.70. The summed E-state index contributed by atoms with van der Waals surface area (Å²) >= 11 is 0. The standard InChI is InChI=1S/C22H23FN4O/c1-15(2)17-5-9-19(10-6-17)27-22(28)20-13-26-21(14-25-20)24-12-11-16-3-7-18(23)8-4-16/h3-10,13-15H,11-12H2,1-2H3,(H,24,26)(H,27,28). The third-order valence-corrected chi connectivity index (χ3v) is 4.35. The summed E-state index contributed by atoms with van der Waals surface area (Å²) in [5, 5.41) is 5.96. The van der Waals surface area contributed by atoms with Crippen molar-refractivity contribution in [1.82, 2.24) is 9.97 Å². The molecule has 0 radical (unpaired) electrons. The lowest BCUT2D eigenvalue weighted by Gasteiger charge is -2.09. The number of rotatable bonds is 7. The highest BCUT2D eigenvalue weighted by Crippen LogP contribution is 2.17. The minimum atomic E-state index is -0.303. The Hall–Kier alpha value is -3.28. The van der Waals surface area contributed by atoms with Gasteiger partial charge in [0.15, 0.2) is 0 Å². The number of hydrogen-bond acceptors (Lipinski definition) is 4. The number of hydrogen-bond donors (Lipinski definition) is 2. The third kappa shape index (κ3) is 5.36. The van der Waals surface area contributed by atoms with Gasteiger partial charge < -0.3 is 10.6 Å². The Morgan fingerprint density at radius 3 is 2.32 bits per heavy atom. The Bertz CT molecular complexity index is 907. The van der Waals surface area contributed by atoms with Crippen molar-refractivity contribution >= 4 is 17.4 Å². The van der Waals surface area contributed by atoms with Gasteiger partial charge in [0.1, 0.15) is 17.3 Å². The second-order valence-corrected chi connectivity index (χ2v) is 6.82. The number of amides is 1. The molecular weight excluding hydrogens is 355 g/mol. The molecule has 0 spiro atoms. The first kappa shape index (κ1) is 19.5. The Morgan fingerprint density at radius 2 is 1.71 bits per heavy atom. The molecule has 2 N–H and O–H groups in total. The van der Waals surface area contributed by atoms with Gasteiger partial charge in [-0.3, -0.25) is 4.79 Å². The Balaban J connectivity index is 1.51. The van der Waals surface area contributed by atoms with Crippen molar-refractivity contribution in [3.8, 4) is 0 Å². The maximum atomic E-state index is 12.9. The van der Waals surface area contributed by atoms with Crippen LogP contribution in [-0.2, 0) is 6.42 Å². The van der Waals surface area contributed by atoms with Crippen LogP contribution in [-0.4, -0.2) is 22.4 Å². The highest BCUT2D eigenvalue weighted by atomic mass is 19.1. The summed E-state index contributed by atoms with van der Waals surface area (Å²) in [6, 6.07) is 14.2. The maximum Gasteiger partial charge on any atom is 0.275 e. The maximum absolute atomic E-state index is 12.9. The topological polar surface area (TPSA) is 66.9 Å². The molecule has 0 saturated carbocycles. The van der Waals surface area contributed by atoms with E-state index < -0.39 is 0 Å². The zero-order valence-electron chi connectivity index (χ0n) is 15.9. The molecule has 5 nitrogen and oxygen atoms in total. The van der Waals surface area contributed by atoms with Gasteiger partial charge in [0, 0.05) is 12.2 Å². The van der Waals surface area contributed by atoms with Gasteiger partial charge in [-0.2, -0.15) is 0 Å². The van der Waals surface area contributed by atoms with Crippen LogP contribution in [0.4, 0.5) is 15.9 Å². The fraction of sp³-hybridized carbons (Fsp3) is 0.227. The molecule has 0 bridgehead atoms. The van der Waals surface area contributed by atoms with Crippen LogP contribution in [0.15, 0.2) is 60.9 Å². The number of halogens is 1. The average molecular weight is 378 g/mol. The zero-order chi connectivity index (χ0) is 19.9. The lowest BCUT2D eigenvalue weighted by Crippen LogP contribution is -2.15. The Labute approximate surface area is 164 Å². The summed E-state index contributed by atoms with van der Waals surface area (Å²) in [5.74, 6) is 0.480. The van der Waals surface area contributed by atoms with E-state index >= 15 is 0 Å². The smallest absolute Gasteiger partial charge is 0.275 e. The van der Waals surface area contributed by atoms with E-state index in [9.17, 15) is 9.18 Å². The van der Waals surface area contributed by atoms with Crippen molar-refractivity contribution in [3.63, 3.8) is 0 Å². The first-order valence-electron chi connectivity index (χ1n) is 9.23. The first-order valence-corrected chi connectivity index (χ1v) is 9.23. The third-order valence-electron chi connectivity index (χ3n) is 4.35. The van der Waals surface area contributed by atoms with Gasteiger partial charge >= 0.3 is 0 Å². The molecule has 0 saturated heterocycles. The molecule has 0 aliphatic heterocycles. The molecule has 0 unspecified atom stereocenters. The minimum Gasteiger partial charge on any atom is -0.368 e. The van der Waals surface area contributed by atoms with E-state index in [1.807, 2.05) is 24.3 Å². The van der Waals surface area contributed by atoms with E-state index in [0.717, 1.165) is 17.7 Å². The highest BCUT2D eigenvalue weighted by Gasteiger charge is 2.09. The fourth-order valence-corrected chi connectivity index (χ4v) is 2.67. The number of aromatic nitrogens is 2. The molecule has 6 heteroatoms. The average Bonchev–Trinajstić information content (AvgIpc) is 2.70. The van der Waals surface area contributed by atoms with Gasteiger partial charge in [0.25, 0.3) is 5.91 Å². The van der Waals surface area contributed by atoms with Crippen molar-refractivity contribution in [2.75, 3.05) is 17.2 Å². The van der Waals surface area contributed by atoms with E-state index in [-0.39, 0.29) is 17.4 Å². The quantitative estimate of drug-likeness (QED) is 0.628. The molecule has 1 heterocycles. The zero-order valence-corrected chi connectivity index (χ0v) is 15.9. The van der Waals surface area contributed by atoms with Gasteiger partial charge in [-0.05, 0) is 47.7 Å². The van der Waals surface area contributed by atoms with Crippen molar-refractivity contribution in [3.05, 3.63) is 83.6 Å². The molecule has 3 aromatic rings. The lowest BCUT2D eigenvalue weighted by atomic mass is 10.0. The van der Waals surface area contributed by atoms with Crippen LogP contribution in [0.3, 0.4) is 0 Å². The summed E-state index contributed by atoms with van der Waals surface area (Å²) in [6.45, 7) is 4.88. The molecule has 0 atom stereocenters. The summed E-state index contributed by atoms with van der Waals surface area (Å²) < 4.78 is 12.9. The van der Waals surface area contributed by atoms with Crippen LogP contribution in [0.2, 0.25) is 0 Å². The molecule has 0 aliphatic carbocycles. The van der Waals surface area contributed by atoms with Crippen molar-refractivity contribution < 1.29 is 9.18 Å². The molecule has 1 aromatic heterocycles. The Kier molecular flexibility index (Phi) is 6.32. The molecular formula is C22H23FN4O. The monoisotopic (exact) mass is 378 g/mol. The predicted octanol–water partition coefficient (Wildman–Crippen LogP) is 4.65. The van der Waals surface area contributed by atoms with E-state index in [1.54, 1.807) is 12.1 Å². The molecule has 28 heavy (non-hydrogen) atoms. The SMILES string of the molecule is CC(C)c1ccc(NC(=O)c2cnc(NCCc3ccc(F)cc3)cn2)cc1. The minimum absolute atomic E-state index is 0.243. The first-order chi connectivity index (χ1) is 13.5. The van der Waals surface area contributed by atoms with Crippen LogP contribution in [0.1, 0.15) is 41.4 Å². The largest absolute Gasteiger partial charge is 0.368 e. The van der Waals surface area contributed by atoms with E-state index in [2.05, 4.69) is 34.4 Å². The molecule has 1 amide bonds. The number of carbonyl (C=O) groups is 1. The predicted molar refractivity (Wildman–Crippen MR) is 109 cm³/mol. The summed E-state index contributed by atoms with van der Waals surface area (Å²) in [7, 11) is 0. The van der Waals surface area contributed by atoms with E-state index in [4.69, 9.17) is 0 Å². The van der Waals surface area contributed by atoms with Gasteiger partial charge in [0.05, 0.1) is 12.4 Å². The highest BCUT2D eigenvalue weighted by molar-refractivity contribution is 6.02. The van der Waals surface area contributed by atoms with Crippen LogP contribution in [0.25, 0.3) is 0 Å². The van der Waals surface area contributed by atoms with Gasteiger partial charge in [0.2, 0.25) is 0 Å². The van der Waals surface area contributed by atoms with Gasteiger partial charge in [-0.1, -0.05) is 38.1 Å². The number of nitrogens with one attached hydrogen (secondary N) is 2. The Morgan fingerprint density at radius 1 is 1.00 bits per heavy atom. The number of carbonyl (C=O) groups excluding carboxylic acids is 1. The van der Waals surface area contributed by atoms with Crippen LogP contribution < -0.4 is 10.6 Å². The summed E-state index contributed by atoms with van der Waals surface area (Å²) in [5.41, 5.74) is 3.21. The normalized spacial score (nSPS) is 10.7. The number of nitrogens with zero attached hydrogens (tertiary/aromatic N) is 2. The van der Waals surface area contributed by atoms with E-state index in [1.165, 1.54) is 30.1 Å².